The third-order valence-electron chi connectivity index (χ3n) is 4.03. The van der Waals surface area contributed by atoms with Crippen LogP contribution in [0, 0.1) is 0 Å². The van der Waals surface area contributed by atoms with Gasteiger partial charge in [0.1, 0.15) is 12.9 Å². The van der Waals surface area contributed by atoms with E-state index in [1.807, 2.05) is 4.90 Å². The minimum Gasteiger partial charge on any atom is -0.331 e. The minimum absolute atomic E-state index is 0.0402. The highest BCUT2D eigenvalue weighted by Crippen LogP contribution is 2.23. The molecule has 116 valence electrons. The summed E-state index contributed by atoms with van der Waals surface area (Å²) in [7, 11) is 0. The summed E-state index contributed by atoms with van der Waals surface area (Å²) in [6.07, 6.45) is 2.48. The molecule has 1 amide bonds. The first-order valence-electron chi connectivity index (χ1n) is 7.57. The monoisotopic (exact) mass is 300 g/mol. The maximum atomic E-state index is 12.6. The van der Waals surface area contributed by atoms with Crippen LogP contribution in [0.4, 0.5) is 0 Å². The Labute approximate surface area is 129 Å². The van der Waals surface area contributed by atoms with Crippen LogP contribution in [0.3, 0.4) is 0 Å². The Bertz CT molecular complexity index is 609. The molecule has 1 unspecified atom stereocenters. The van der Waals surface area contributed by atoms with Crippen molar-refractivity contribution in [2.24, 2.45) is 0 Å². The molecule has 1 saturated heterocycles. The second-order valence-electron chi connectivity index (χ2n) is 5.41. The molecule has 0 radical (unpaired) electrons. The van der Waals surface area contributed by atoms with Crippen LogP contribution in [0.5, 0.6) is 0 Å². The van der Waals surface area contributed by atoms with Crippen molar-refractivity contribution >= 4 is 5.91 Å². The van der Waals surface area contributed by atoms with Crippen LogP contribution in [0.15, 0.2) is 30.6 Å². The van der Waals surface area contributed by atoms with Gasteiger partial charge in [0.05, 0.1) is 6.04 Å². The molecule has 1 N–H and O–H groups in total. The number of hydrogen-bond donors (Lipinski definition) is 1. The molecule has 1 aromatic carbocycles. The number of benzene rings is 1. The first-order chi connectivity index (χ1) is 10.8. The summed E-state index contributed by atoms with van der Waals surface area (Å²) < 4.78 is 1.46. The molecule has 1 atom stereocenters. The van der Waals surface area contributed by atoms with Crippen LogP contribution in [-0.4, -0.2) is 50.6 Å². The van der Waals surface area contributed by atoms with Crippen molar-refractivity contribution in [1.29, 1.82) is 0 Å². The number of hydrogen-bond acceptors (Lipinski definition) is 5. The van der Waals surface area contributed by atoms with E-state index >= 15 is 0 Å². The van der Waals surface area contributed by atoms with E-state index in [9.17, 15) is 4.79 Å². The van der Waals surface area contributed by atoms with Crippen LogP contribution in [0.1, 0.15) is 24.1 Å². The topological polar surface area (TPSA) is 75.9 Å². The summed E-state index contributed by atoms with van der Waals surface area (Å²) in [6.45, 7) is 4.59. The van der Waals surface area contributed by atoms with Gasteiger partial charge in [-0.15, -0.1) is 5.10 Å². The van der Waals surface area contributed by atoms with Crippen molar-refractivity contribution in [3.8, 4) is 0 Å². The van der Waals surface area contributed by atoms with Crippen LogP contribution < -0.4 is 5.32 Å². The second kappa shape index (κ2) is 6.65. The van der Waals surface area contributed by atoms with Crippen molar-refractivity contribution in [3.05, 3.63) is 41.7 Å². The largest absolute Gasteiger partial charge is 0.331 e. The predicted octanol–water partition coefficient (Wildman–Crippen LogP) is 0.409. The van der Waals surface area contributed by atoms with Crippen LogP contribution in [-0.2, 0) is 17.8 Å². The Morgan fingerprint density at radius 3 is 2.86 bits per heavy atom. The van der Waals surface area contributed by atoms with Gasteiger partial charge in [0.25, 0.3) is 0 Å². The number of carbonyl (C=O) groups is 1. The lowest BCUT2D eigenvalue weighted by molar-refractivity contribution is -0.135. The molecule has 2 heterocycles. The van der Waals surface area contributed by atoms with E-state index in [0.29, 0.717) is 6.54 Å². The zero-order chi connectivity index (χ0) is 15.4. The number of nitrogens with one attached hydrogen (secondary N) is 1. The van der Waals surface area contributed by atoms with Gasteiger partial charge in [0.15, 0.2) is 0 Å². The van der Waals surface area contributed by atoms with Crippen molar-refractivity contribution < 1.29 is 4.79 Å². The summed E-state index contributed by atoms with van der Waals surface area (Å²) >= 11 is 0. The normalized spacial score (nSPS) is 18.4. The van der Waals surface area contributed by atoms with E-state index < -0.39 is 0 Å². The molecule has 1 aliphatic heterocycles. The zero-order valence-corrected chi connectivity index (χ0v) is 12.6. The van der Waals surface area contributed by atoms with Crippen LogP contribution in [0.25, 0.3) is 0 Å². The third-order valence-corrected chi connectivity index (χ3v) is 4.03. The van der Waals surface area contributed by atoms with Gasteiger partial charge in [-0.3, -0.25) is 4.79 Å². The van der Waals surface area contributed by atoms with Gasteiger partial charge in [0, 0.05) is 19.6 Å². The number of rotatable bonds is 4. The fourth-order valence-electron chi connectivity index (χ4n) is 2.76. The number of piperazine rings is 1. The van der Waals surface area contributed by atoms with E-state index in [0.717, 1.165) is 25.1 Å². The number of tetrazole rings is 1. The maximum absolute atomic E-state index is 12.6. The van der Waals surface area contributed by atoms with Gasteiger partial charge >= 0.3 is 0 Å². The standard InChI is InChI=1S/C15H20N6O/c1-2-12-3-5-13(6-4-12)14-9-16-7-8-21(14)15(22)10-20-11-17-18-19-20/h3-6,11,14,16H,2,7-10H2,1H3. The molecule has 2 aromatic rings. The first kappa shape index (κ1) is 14.6. The van der Waals surface area contributed by atoms with E-state index in [1.165, 1.54) is 16.6 Å². The lowest BCUT2D eigenvalue weighted by Crippen LogP contribution is -2.49. The maximum Gasteiger partial charge on any atom is 0.245 e. The fraction of sp³-hybridized carbons (Fsp3) is 0.467. The Morgan fingerprint density at radius 1 is 1.36 bits per heavy atom. The molecule has 1 fully saturated rings. The van der Waals surface area contributed by atoms with Gasteiger partial charge in [-0.25, -0.2) is 4.68 Å². The Hall–Kier alpha value is -2.28. The third kappa shape index (κ3) is 3.14. The Morgan fingerprint density at radius 2 is 2.18 bits per heavy atom. The van der Waals surface area contributed by atoms with Crippen molar-refractivity contribution in [2.75, 3.05) is 19.6 Å². The van der Waals surface area contributed by atoms with Crippen molar-refractivity contribution in [1.82, 2.24) is 30.4 Å². The van der Waals surface area contributed by atoms with Gasteiger partial charge in [0.2, 0.25) is 5.91 Å². The molecule has 22 heavy (non-hydrogen) atoms. The summed E-state index contributed by atoms with van der Waals surface area (Å²) in [5, 5.41) is 14.3. The summed E-state index contributed by atoms with van der Waals surface area (Å²) in [5.74, 6) is 0.0402. The van der Waals surface area contributed by atoms with Crippen LogP contribution >= 0.6 is 0 Å². The van der Waals surface area contributed by atoms with Crippen molar-refractivity contribution in [3.63, 3.8) is 0 Å². The first-order valence-corrected chi connectivity index (χ1v) is 7.57. The van der Waals surface area contributed by atoms with E-state index in [4.69, 9.17) is 0 Å². The molecule has 7 nitrogen and oxygen atoms in total. The van der Waals surface area contributed by atoms with Gasteiger partial charge in [-0.1, -0.05) is 31.2 Å². The highest BCUT2D eigenvalue weighted by molar-refractivity contribution is 5.76. The SMILES string of the molecule is CCc1ccc(C2CNCCN2C(=O)Cn2cnnn2)cc1. The highest BCUT2D eigenvalue weighted by atomic mass is 16.2. The van der Waals surface area contributed by atoms with E-state index in [-0.39, 0.29) is 18.5 Å². The summed E-state index contributed by atoms with van der Waals surface area (Å²) in [4.78, 5) is 14.5. The number of amides is 1. The Kier molecular flexibility index (Phi) is 4.43. The average Bonchev–Trinajstić information content (AvgIpc) is 3.08. The summed E-state index contributed by atoms with van der Waals surface area (Å²) in [6, 6.07) is 8.56. The molecule has 1 aliphatic rings. The highest BCUT2D eigenvalue weighted by Gasteiger charge is 2.27. The minimum atomic E-state index is 0.0402. The average molecular weight is 300 g/mol. The quantitative estimate of drug-likeness (QED) is 0.885. The fourth-order valence-corrected chi connectivity index (χ4v) is 2.76. The molecule has 0 aliphatic carbocycles. The number of aryl methyl sites for hydroxylation is 1. The van der Waals surface area contributed by atoms with Gasteiger partial charge in [-0.2, -0.15) is 0 Å². The number of aromatic nitrogens is 4. The van der Waals surface area contributed by atoms with E-state index in [2.05, 4.69) is 52.0 Å². The lowest BCUT2D eigenvalue weighted by atomic mass is 10.0. The predicted molar refractivity (Wildman–Crippen MR) is 81.0 cm³/mol. The molecule has 1 aromatic heterocycles. The molecular weight excluding hydrogens is 280 g/mol. The van der Waals surface area contributed by atoms with Gasteiger partial charge in [-0.05, 0) is 28.0 Å². The Balaban J connectivity index is 1.76. The second-order valence-corrected chi connectivity index (χ2v) is 5.41. The molecule has 0 saturated carbocycles. The molecule has 7 heteroatoms. The molecule has 0 bridgehead atoms. The van der Waals surface area contributed by atoms with Crippen molar-refractivity contribution in [2.45, 2.75) is 25.9 Å². The molecule has 3 rings (SSSR count). The zero-order valence-electron chi connectivity index (χ0n) is 12.6. The number of carbonyl (C=O) groups excluding carboxylic acids is 1. The molecular formula is C15H20N6O. The van der Waals surface area contributed by atoms with E-state index in [1.54, 1.807) is 0 Å². The number of nitrogens with zero attached hydrogens (tertiary/aromatic N) is 5. The summed E-state index contributed by atoms with van der Waals surface area (Å²) in [5.41, 5.74) is 2.47. The molecule has 0 spiro atoms. The lowest BCUT2D eigenvalue weighted by Gasteiger charge is -2.36. The van der Waals surface area contributed by atoms with Crippen LogP contribution in [0.2, 0.25) is 0 Å². The smallest absolute Gasteiger partial charge is 0.245 e. The van der Waals surface area contributed by atoms with Gasteiger partial charge < -0.3 is 10.2 Å².